The third-order valence-electron chi connectivity index (χ3n) is 3.48. The minimum atomic E-state index is -0.207. The van der Waals surface area contributed by atoms with Gasteiger partial charge in [0.2, 0.25) is 0 Å². The maximum Gasteiger partial charge on any atom is 0.310 e. The van der Waals surface area contributed by atoms with Crippen LogP contribution in [0.15, 0.2) is 12.1 Å². The number of nitriles is 1. The lowest BCUT2D eigenvalue weighted by molar-refractivity contribution is -0.139. The van der Waals surface area contributed by atoms with Gasteiger partial charge in [0, 0.05) is 22.3 Å². The highest BCUT2D eigenvalue weighted by Crippen LogP contribution is 2.26. The molecule has 0 saturated heterocycles. The normalized spacial score (nSPS) is 22.1. The molecule has 0 aromatic carbocycles. The van der Waals surface area contributed by atoms with E-state index in [1.807, 2.05) is 12.1 Å². The van der Waals surface area contributed by atoms with Gasteiger partial charge in [-0.2, -0.15) is 5.26 Å². The summed E-state index contributed by atoms with van der Waals surface area (Å²) >= 11 is 1.62. The molecular weight excluding hydrogens is 260 g/mol. The molecule has 19 heavy (non-hydrogen) atoms. The Bertz CT molecular complexity index is 478. The van der Waals surface area contributed by atoms with Crippen LogP contribution in [0.5, 0.6) is 0 Å². The van der Waals surface area contributed by atoms with Crippen LogP contribution in [0.25, 0.3) is 0 Å². The molecule has 1 fully saturated rings. The zero-order valence-corrected chi connectivity index (χ0v) is 11.8. The van der Waals surface area contributed by atoms with Crippen molar-refractivity contribution < 1.29 is 9.53 Å². The molecule has 1 N–H and O–H groups in total. The molecule has 0 amide bonds. The molecule has 2 unspecified atom stereocenters. The number of esters is 1. The number of thiophene rings is 1. The number of ether oxygens (including phenoxy) is 1. The van der Waals surface area contributed by atoms with Gasteiger partial charge in [0.25, 0.3) is 0 Å². The molecule has 1 saturated carbocycles. The molecule has 2 atom stereocenters. The molecular formula is C14H18N2O2S. The van der Waals surface area contributed by atoms with E-state index in [9.17, 15) is 4.79 Å². The van der Waals surface area contributed by atoms with E-state index in [0.717, 1.165) is 30.7 Å². The number of hydrogen-bond donors (Lipinski definition) is 1. The van der Waals surface area contributed by atoms with Gasteiger partial charge in [0.1, 0.15) is 0 Å². The van der Waals surface area contributed by atoms with Gasteiger partial charge in [-0.05, 0) is 25.0 Å². The number of hydrogen-bond acceptors (Lipinski definition) is 5. The Kier molecular flexibility index (Phi) is 4.94. The lowest BCUT2D eigenvalue weighted by Crippen LogP contribution is -2.30. The van der Waals surface area contributed by atoms with Crippen molar-refractivity contribution in [3.8, 4) is 6.07 Å². The molecule has 0 radical (unpaired) electrons. The average molecular weight is 278 g/mol. The van der Waals surface area contributed by atoms with Crippen LogP contribution >= 0.6 is 11.3 Å². The molecule has 1 aromatic rings. The molecule has 1 aromatic heterocycles. The van der Waals surface area contributed by atoms with Crippen molar-refractivity contribution in [2.45, 2.75) is 38.3 Å². The fraction of sp³-hybridized carbons (Fsp3) is 0.571. The lowest BCUT2D eigenvalue weighted by atomic mass is 10.1. The highest BCUT2D eigenvalue weighted by Gasteiger charge is 2.26. The smallest absolute Gasteiger partial charge is 0.310 e. The third-order valence-corrected chi connectivity index (χ3v) is 4.57. The first kappa shape index (κ1) is 14.0. The molecule has 5 heteroatoms. The van der Waals surface area contributed by atoms with E-state index >= 15 is 0 Å². The first-order valence-corrected chi connectivity index (χ1v) is 7.32. The molecule has 102 valence electrons. The van der Waals surface area contributed by atoms with Gasteiger partial charge in [-0.25, -0.2) is 0 Å². The van der Waals surface area contributed by atoms with Crippen LogP contribution in [-0.2, 0) is 22.5 Å². The molecule has 0 aliphatic heterocycles. The number of methoxy groups -OCH3 is 1. The van der Waals surface area contributed by atoms with Crippen molar-refractivity contribution in [2.24, 2.45) is 5.92 Å². The Morgan fingerprint density at radius 1 is 1.53 bits per heavy atom. The number of carbonyl (C=O) groups excluding carboxylic acids is 1. The van der Waals surface area contributed by atoms with Crippen molar-refractivity contribution in [2.75, 3.05) is 7.11 Å². The van der Waals surface area contributed by atoms with Crippen molar-refractivity contribution in [3.05, 3.63) is 21.9 Å². The summed E-state index contributed by atoms with van der Waals surface area (Å²) in [7, 11) is 1.40. The summed E-state index contributed by atoms with van der Waals surface area (Å²) in [6.07, 6.45) is 3.56. The van der Waals surface area contributed by atoms with Crippen molar-refractivity contribution in [1.29, 1.82) is 5.26 Å². The zero-order chi connectivity index (χ0) is 13.7. The van der Waals surface area contributed by atoms with E-state index in [0.29, 0.717) is 12.5 Å². The Hall–Kier alpha value is -1.38. The summed E-state index contributed by atoms with van der Waals surface area (Å²) in [6.45, 7) is 0.773. The molecule has 1 aliphatic rings. The van der Waals surface area contributed by atoms with Gasteiger partial charge in [-0.3, -0.25) is 4.79 Å². The topological polar surface area (TPSA) is 62.1 Å². The van der Waals surface area contributed by atoms with E-state index in [-0.39, 0.29) is 11.9 Å². The van der Waals surface area contributed by atoms with E-state index in [2.05, 4.69) is 16.1 Å². The van der Waals surface area contributed by atoms with Crippen LogP contribution in [0.2, 0.25) is 0 Å². The van der Waals surface area contributed by atoms with Crippen molar-refractivity contribution in [1.82, 2.24) is 5.32 Å². The number of carbonyl (C=O) groups is 1. The minimum Gasteiger partial charge on any atom is -0.469 e. The molecule has 0 spiro atoms. The Morgan fingerprint density at radius 3 is 3.05 bits per heavy atom. The number of rotatable bonds is 5. The predicted octanol–water partition coefficient (Wildman–Crippen LogP) is 2.25. The van der Waals surface area contributed by atoms with Crippen LogP contribution < -0.4 is 5.32 Å². The van der Waals surface area contributed by atoms with Crippen LogP contribution in [0.1, 0.15) is 29.0 Å². The summed E-state index contributed by atoms with van der Waals surface area (Å²) < 4.78 is 4.65. The molecule has 2 rings (SSSR count). The van der Waals surface area contributed by atoms with Gasteiger partial charge in [-0.1, -0.05) is 6.42 Å². The summed E-state index contributed by atoms with van der Waals surface area (Å²) in [4.78, 5) is 13.4. The summed E-state index contributed by atoms with van der Waals surface area (Å²) in [6, 6.07) is 6.69. The monoisotopic (exact) mass is 278 g/mol. The fourth-order valence-electron chi connectivity index (χ4n) is 2.42. The van der Waals surface area contributed by atoms with Crippen molar-refractivity contribution in [3.63, 3.8) is 0 Å². The second-order valence-corrected chi connectivity index (χ2v) is 6.03. The van der Waals surface area contributed by atoms with E-state index < -0.39 is 0 Å². The molecule has 1 aliphatic carbocycles. The standard InChI is InChI=1S/C14H18N2O2S/c1-18-14(17)7-11-5-6-12(19-11)9-16-13-4-2-3-10(13)8-15/h5-6,10,13,16H,2-4,7,9H2,1H3. The molecule has 1 heterocycles. The number of nitrogens with one attached hydrogen (secondary N) is 1. The van der Waals surface area contributed by atoms with Gasteiger partial charge in [-0.15, -0.1) is 11.3 Å². The van der Waals surface area contributed by atoms with Crippen LogP contribution in [0, 0.1) is 17.2 Å². The third kappa shape index (κ3) is 3.79. The predicted molar refractivity (Wildman–Crippen MR) is 73.6 cm³/mol. The van der Waals surface area contributed by atoms with Gasteiger partial charge < -0.3 is 10.1 Å². The maximum absolute atomic E-state index is 11.2. The Labute approximate surface area is 117 Å². The van der Waals surface area contributed by atoms with E-state index in [4.69, 9.17) is 5.26 Å². The first-order chi connectivity index (χ1) is 9.22. The maximum atomic E-state index is 11.2. The highest BCUT2D eigenvalue weighted by molar-refractivity contribution is 7.12. The van der Waals surface area contributed by atoms with Gasteiger partial charge in [0.05, 0.1) is 25.5 Å². The summed E-state index contributed by atoms with van der Waals surface area (Å²) in [5, 5.41) is 12.5. The minimum absolute atomic E-state index is 0.148. The molecule has 0 bridgehead atoms. The molecule has 4 nitrogen and oxygen atoms in total. The zero-order valence-electron chi connectivity index (χ0n) is 11.0. The Balaban J connectivity index is 1.83. The second kappa shape index (κ2) is 6.69. The SMILES string of the molecule is COC(=O)Cc1ccc(CNC2CCCC2C#N)s1. The second-order valence-electron chi connectivity index (χ2n) is 4.77. The highest BCUT2D eigenvalue weighted by atomic mass is 32.1. The Morgan fingerprint density at radius 2 is 2.32 bits per heavy atom. The summed E-state index contributed by atoms with van der Waals surface area (Å²) in [5.41, 5.74) is 0. The van der Waals surface area contributed by atoms with E-state index in [1.165, 1.54) is 12.0 Å². The summed E-state index contributed by atoms with van der Waals surface area (Å²) in [5.74, 6) is -0.0591. The number of nitrogens with zero attached hydrogens (tertiary/aromatic N) is 1. The lowest BCUT2D eigenvalue weighted by Gasteiger charge is -2.14. The van der Waals surface area contributed by atoms with Gasteiger partial charge >= 0.3 is 5.97 Å². The van der Waals surface area contributed by atoms with Gasteiger partial charge in [0.15, 0.2) is 0 Å². The van der Waals surface area contributed by atoms with Crippen LogP contribution in [0.4, 0.5) is 0 Å². The van der Waals surface area contributed by atoms with E-state index in [1.54, 1.807) is 11.3 Å². The van der Waals surface area contributed by atoms with Crippen molar-refractivity contribution >= 4 is 17.3 Å². The van der Waals surface area contributed by atoms with Crippen LogP contribution in [-0.4, -0.2) is 19.1 Å². The fourth-order valence-corrected chi connectivity index (χ4v) is 3.37. The first-order valence-electron chi connectivity index (χ1n) is 6.50. The van der Waals surface area contributed by atoms with Crippen LogP contribution in [0.3, 0.4) is 0 Å². The largest absolute Gasteiger partial charge is 0.469 e. The quantitative estimate of drug-likeness (QED) is 0.839. The average Bonchev–Trinajstić information content (AvgIpc) is 3.04.